The fourth-order valence-electron chi connectivity index (χ4n) is 3.43. The van der Waals surface area contributed by atoms with Gasteiger partial charge in [0, 0.05) is 38.9 Å². The molecule has 2 aromatic heterocycles. The number of anilines is 3. The number of hydrogen-bond acceptors (Lipinski definition) is 9. The zero-order valence-corrected chi connectivity index (χ0v) is 18.4. The van der Waals surface area contributed by atoms with E-state index in [0.717, 1.165) is 41.8 Å². The Balaban J connectivity index is 1.48. The number of thiazole rings is 1. The van der Waals surface area contributed by atoms with Crippen LogP contribution >= 0.6 is 11.3 Å². The third-order valence-corrected chi connectivity index (χ3v) is 6.28. The largest absolute Gasteiger partial charge is 0.395 e. The van der Waals surface area contributed by atoms with Crippen molar-refractivity contribution in [2.45, 2.75) is 20.8 Å². The maximum absolute atomic E-state index is 9.11. The van der Waals surface area contributed by atoms with Gasteiger partial charge in [-0.2, -0.15) is 15.0 Å². The minimum absolute atomic E-state index is 0.191. The lowest BCUT2D eigenvalue weighted by Gasteiger charge is -2.34. The van der Waals surface area contributed by atoms with Gasteiger partial charge in [-0.15, -0.1) is 0 Å². The summed E-state index contributed by atoms with van der Waals surface area (Å²) in [5, 5.41) is 13.1. The lowest BCUT2D eigenvalue weighted by Crippen LogP contribution is -2.47. The molecule has 8 nitrogen and oxygen atoms in total. The van der Waals surface area contributed by atoms with Crippen molar-refractivity contribution in [3.8, 4) is 10.4 Å². The Kier molecular flexibility index (Phi) is 6.21. The van der Waals surface area contributed by atoms with Crippen molar-refractivity contribution >= 4 is 28.4 Å². The summed E-state index contributed by atoms with van der Waals surface area (Å²) in [5.41, 5.74) is 3.72. The molecule has 1 aliphatic heterocycles. The highest BCUT2D eigenvalue weighted by Crippen LogP contribution is 2.31. The molecule has 1 aliphatic rings. The molecule has 30 heavy (non-hydrogen) atoms. The fourth-order valence-corrected chi connectivity index (χ4v) is 4.24. The van der Waals surface area contributed by atoms with Crippen LogP contribution in [0, 0.1) is 20.8 Å². The molecule has 0 unspecified atom stereocenters. The van der Waals surface area contributed by atoms with Crippen molar-refractivity contribution in [1.82, 2.24) is 24.8 Å². The van der Waals surface area contributed by atoms with Gasteiger partial charge in [0.15, 0.2) is 5.13 Å². The Morgan fingerprint density at radius 2 is 1.83 bits per heavy atom. The van der Waals surface area contributed by atoms with Gasteiger partial charge in [0.05, 0.1) is 11.5 Å². The summed E-state index contributed by atoms with van der Waals surface area (Å²) in [6.07, 6.45) is 1.88. The first kappa shape index (κ1) is 20.6. The number of nitrogens with one attached hydrogen (secondary N) is 1. The second-order valence-corrected chi connectivity index (χ2v) is 8.54. The molecule has 0 spiro atoms. The zero-order valence-electron chi connectivity index (χ0n) is 17.6. The summed E-state index contributed by atoms with van der Waals surface area (Å²) in [4.78, 5) is 23.6. The van der Waals surface area contributed by atoms with Crippen molar-refractivity contribution in [3.63, 3.8) is 0 Å². The minimum atomic E-state index is 0.191. The van der Waals surface area contributed by atoms with Gasteiger partial charge in [0.25, 0.3) is 0 Å². The molecule has 2 N–H and O–H groups in total. The molecular formula is C21H27N7OS. The molecule has 1 aromatic carbocycles. The van der Waals surface area contributed by atoms with Crippen molar-refractivity contribution in [2.75, 3.05) is 49.5 Å². The number of benzene rings is 1. The predicted molar refractivity (Wildman–Crippen MR) is 121 cm³/mol. The van der Waals surface area contributed by atoms with E-state index < -0.39 is 0 Å². The van der Waals surface area contributed by atoms with E-state index in [2.05, 4.69) is 67.1 Å². The molecule has 0 saturated carbocycles. The van der Waals surface area contributed by atoms with Crippen molar-refractivity contribution in [3.05, 3.63) is 41.3 Å². The number of β-amino-alcohol motifs (C(OH)–C–C–N with tert-alkyl or cyclic N) is 1. The molecule has 1 fully saturated rings. The lowest BCUT2D eigenvalue weighted by molar-refractivity contribution is 0.188. The van der Waals surface area contributed by atoms with Gasteiger partial charge in [0.1, 0.15) is 5.82 Å². The summed E-state index contributed by atoms with van der Waals surface area (Å²) < 4.78 is 0. The van der Waals surface area contributed by atoms with Crippen LogP contribution in [0.1, 0.15) is 17.0 Å². The van der Waals surface area contributed by atoms with Gasteiger partial charge in [-0.05, 0) is 37.5 Å². The summed E-state index contributed by atoms with van der Waals surface area (Å²) in [7, 11) is 0. The number of rotatable bonds is 6. The van der Waals surface area contributed by atoms with E-state index in [1.807, 2.05) is 13.1 Å². The van der Waals surface area contributed by atoms with Crippen LogP contribution < -0.4 is 10.2 Å². The van der Waals surface area contributed by atoms with E-state index in [-0.39, 0.29) is 6.61 Å². The van der Waals surface area contributed by atoms with Crippen LogP contribution in [-0.4, -0.2) is 69.3 Å². The lowest BCUT2D eigenvalue weighted by atomic mass is 10.1. The second kappa shape index (κ2) is 9.03. The van der Waals surface area contributed by atoms with Gasteiger partial charge < -0.3 is 10.0 Å². The highest BCUT2D eigenvalue weighted by atomic mass is 32.1. The summed E-state index contributed by atoms with van der Waals surface area (Å²) in [6, 6.07) is 6.45. The zero-order chi connectivity index (χ0) is 21.1. The van der Waals surface area contributed by atoms with E-state index >= 15 is 0 Å². The Bertz CT molecular complexity index is 1010. The summed E-state index contributed by atoms with van der Waals surface area (Å²) in [5.74, 6) is 1.86. The maximum atomic E-state index is 9.11. The normalized spacial score (nSPS) is 14.9. The number of nitrogens with zero attached hydrogens (tertiary/aromatic N) is 6. The number of aryl methyl sites for hydroxylation is 3. The number of hydrogen-bond donors (Lipinski definition) is 2. The van der Waals surface area contributed by atoms with E-state index in [9.17, 15) is 0 Å². The summed E-state index contributed by atoms with van der Waals surface area (Å²) in [6.45, 7) is 10.5. The first-order chi connectivity index (χ1) is 14.5. The van der Waals surface area contributed by atoms with Crippen molar-refractivity contribution in [2.24, 2.45) is 0 Å². The molecule has 158 valence electrons. The van der Waals surface area contributed by atoms with Crippen LogP contribution in [-0.2, 0) is 0 Å². The molecular weight excluding hydrogens is 398 g/mol. The third kappa shape index (κ3) is 4.75. The highest BCUT2D eigenvalue weighted by molar-refractivity contribution is 7.18. The standard InChI is InChI=1S/C21H27N7OS/c1-14-4-5-17(12-15(14)2)18-13-22-21(30-18)26-19-23-16(3)24-20(25-19)28-8-6-27(7-9-28)10-11-29/h4-5,12-13,29H,6-11H2,1-3H3,(H,22,23,24,25,26). The number of piperazine rings is 1. The third-order valence-electron chi connectivity index (χ3n) is 5.32. The molecule has 0 radical (unpaired) electrons. The van der Waals surface area contributed by atoms with E-state index in [4.69, 9.17) is 5.11 Å². The molecule has 0 atom stereocenters. The van der Waals surface area contributed by atoms with Crippen LogP contribution in [0.25, 0.3) is 10.4 Å². The Morgan fingerprint density at radius 3 is 2.57 bits per heavy atom. The van der Waals surface area contributed by atoms with Gasteiger partial charge in [0.2, 0.25) is 11.9 Å². The first-order valence-electron chi connectivity index (χ1n) is 10.1. The second-order valence-electron chi connectivity index (χ2n) is 7.51. The molecule has 0 aliphatic carbocycles. The molecule has 3 heterocycles. The number of aliphatic hydroxyl groups excluding tert-OH is 1. The molecule has 3 aromatic rings. The smallest absolute Gasteiger partial charge is 0.234 e. The van der Waals surface area contributed by atoms with E-state index in [1.54, 1.807) is 11.3 Å². The number of aromatic nitrogens is 4. The first-order valence-corrected chi connectivity index (χ1v) is 10.9. The Labute approximate surface area is 180 Å². The maximum Gasteiger partial charge on any atom is 0.234 e. The molecule has 0 amide bonds. The van der Waals surface area contributed by atoms with Crippen molar-refractivity contribution in [1.29, 1.82) is 0 Å². The van der Waals surface area contributed by atoms with Crippen LogP contribution in [0.15, 0.2) is 24.4 Å². The van der Waals surface area contributed by atoms with Crippen LogP contribution in [0.5, 0.6) is 0 Å². The molecule has 4 rings (SSSR count). The molecule has 0 bridgehead atoms. The Hall–Kier alpha value is -2.62. The van der Waals surface area contributed by atoms with E-state index in [0.29, 0.717) is 24.3 Å². The minimum Gasteiger partial charge on any atom is -0.395 e. The quantitative estimate of drug-likeness (QED) is 0.623. The van der Waals surface area contributed by atoms with Crippen LogP contribution in [0.3, 0.4) is 0 Å². The van der Waals surface area contributed by atoms with Crippen molar-refractivity contribution < 1.29 is 5.11 Å². The highest BCUT2D eigenvalue weighted by Gasteiger charge is 2.20. The average molecular weight is 426 g/mol. The summed E-state index contributed by atoms with van der Waals surface area (Å²) >= 11 is 1.58. The van der Waals surface area contributed by atoms with Gasteiger partial charge >= 0.3 is 0 Å². The number of aliphatic hydroxyl groups is 1. The van der Waals surface area contributed by atoms with Crippen LogP contribution in [0.4, 0.5) is 17.0 Å². The Morgan fingerprint density at radius 1 is 1.03 bits per heavy atom. The molecule has 1 saturated heterocycles. The molecule has 9 heteroatoms. The van der Waals surface area contributed by atoms with Crippen LogP contribution in [0.2, 0.25) is 0 Å². The van der Waals surface area contributed by atoms with Gasteiger partial charge in [-0.25, -0.2) is 4.98 Å². The van der Waals surface area contributed by atoms with Gasteiger partial charge in [-0.1, -0.05) is 29.5 Å². The van der Waals surface area contributed by atoms with E-state index in [1.165, 1.54) is 11.1 Å². The average Bonchev–Trinajstić information content (AvgIpc) is 3.19. The van der Waals surface area contributed by atoms with Gasteiger partial charge in [-0.3, -0.25) is 10.2 Å². The monoisotopic (exact) mass is 425 g/mol. The topological polar surface area (TPSA) is 90.3 Å². The SMILES string of the molecule is Cc1nc(Nc2ncc(-c3ccc(C)c(C)c3)s2)nc(N2CCN(CCO)CC2)n1. The predicted octanol–water partition coefficient (Wildman–Crippen LogP) is 2.78. The fraction of sp³-hybridized carbons (Fsp3) is 0.429.